The Morgan fingerprint density at radius 2 is 2.00 bits per heavy atom. The molecule has 1 aliphatic rings. The largest absolute Gasteiger partial charge is 0.296 e. The summed E-state index contributed by atoms with van der Waals surface area (Å²) in [6, 6.07) is 2.17. The van der Waals surface area contributed by atoms with Crippen LogP contribution >= 0.6 is 15.9 Å². The number of hydrogen-bond donors (Lipinski definition) is 0. The standard InChI is InChI=1S/C11H11BrF3N/c12-11-8(9(14)1-2-10(11)15)6-16-4-3-7(13)5-16/h1-2,7H,3-6H2/t7-/m1/s1. The van der Waals surface area contributed by atoms with Crippen LogP contribution in [0.3, 0.4) is 0 Å². The summed E-state index contributed by atoms with van der Waals surface area (Å²) in [5.41, 5.74) is 0.258. The molecule has 88 valence electrons. The van der Waals surface area contributed by atoms with Crippen LogP contribution in [0.1, 0.15) is 12.0 Å². The number of hydrogen-bond acceptors (Lipinski definition) is 1. The molecule has 0 aromatic heterocycles. The molecular weight excluding hydrogens is 283 g/mol. The highest BCUT2D eigenvalue weighted by atomic mass is 79.9. The molecule has 0 bridgehead atoms. The first-order valence-corrected chi connectivity index (χ1v) is 5.86. The Hall–Kier alpha value is -0.550. The quantitative estimate of drug-likeness (QED) is 0.757. The average molecular weight is 294 g/mol. The molecule has 1 saturated heterocycles. The second kappa shape index (κ2) is 4.75. The van der Waals surface area contributed by atoms with E-state index in [1.165, 1.54) is 0 Å². The van der Waals surface area contributed by atoms with Gasteiger partial charge in [-0.2, -0.15) is 0 Å². The van der Waals surface area contributed by atoms with Crippen LogP contribution in [0.15, 0.2) is 16.6 Å². The Balaban J connectivity index is 2.18. The molecule has 0 saturated carbocycles. The Morgan fingerprint density at radius 1 is 1.31 bits per heavy atom. The molecule has 0 spiro atoms. The number of halogens is 4. The van der Waals surface area contributed by atoms with Crippen molar-refractivity contribution < 1.29 is 13.2 Å². The van der Waals surface area contributed by atoms with E-state index in [-0.39, 0.29) is 16.6 Å². The van der Waals surface area contributed by atoms with E-state index < -0.39 is 17.8 Å². The topological polar surface area (TPSA) is 3.24 Å². The predicted octanol–water partition coefficient (Wildman–Crippen LogP) is 3.27. The van der Waals surface area contributed by atoms with Crippen LogP contribution in [-0.2, 0) is 6.54 Å². The summed E-state index contributed by atoms with van der Waals surface area (Å²) in [5.74, 6) is -0.956. The Kier molecular flexibility index (Phi) is 3.54. The summed E-state index contributed by atoms with van der Waals surface area (Å²) in [6.07, 6.45) is -0.385. The molecule has 1 heterocycles. The lowest BCUT2D eigenvalue weighted by atomic mass is 10.2. The third-order valence-electron chi connectivity index (χ3n) is 2.74. The first-order valence-electron chi connectivity index (χ1n) is 5.06. The zero-order valence-corrected chi connectivity index (χ0v) is 10.1. The van der Waals surface area contributed by atoms with Gasteiger partial charge in [-0.25, -0.2) is 13.2 Å². The molecule has 1 nitrogen and oxygen atoms in total. The second-order valence-corrected chi connectivity index (χ2v) is 4.74. The highest BCUT2D eigenvalue weighted by Gasteiger charge is 2.23. The summed E-state index contributed by atoms with van der Waals surface area (Å²) in [5, 5.41) is 0. The van der Waals surface area contributed by atoms with Gasteiger partial charge in [0.05, 0.1) is 4.47 Å². The highest BCUT2D eigenvalue weighted by molar-refractivity contribution is 9.10. The van der Waals surface area contributed by atoms with E-state index in [2.05, 4.69) is 15.9 Å². The van der Waals surface area contributed by atoms with Crippen molar-refractivity contribution in [2.45, 2.75) is 19.1 Å². The van der Waals surface area contributed by atoms with E-state index >= 15 is 0 Å². The fourth-order valence-electron chi connectivity index (χ4n) is 1.87. The van der Waals surface area contributed by atoms with Crippen LogP contribution in [0.2, 0.25) is 0 Å². The van der Waals surface area contributed by atoms with E-state index in [1.54, 1.807) is 4.90 Å². The van der Waals surface area contributed by atoms with Gasteiger partial charge in [0.15, 0.2) is 0 Å². The van der Waals surface area contributed by atoms with Gasteiger partial charge in [0, 0.05) is 25.2 Å². The monoisotopic (exact) mass is 293 g/mol. The van der Waals surface area contributed by atoms with Gasteiger partial charge in [0.25, 0.3) is 0 Å². The maximum Gasteiger partial charge on any atom is 0.137 e. The first kappa shape index (κ1) is 11.9. The van der Waals surface area contributed by atoms with E-state index in [1.807, 2.05) is 0 Å². The number of alkyl halides is 1. The second-order valence-electron chi connectivity index (χ2n) is 3.94. The van der Waals surface area contributed by atoms with Crippen molar-refractivity contribution >= 4 is 15.9 Å². The van der Waals surface area contributed by atoms with Crippen LogP contribution in [0, 0.1) is 11.6 Å². The molecule has 0 radical (unpaired) electrons. The van der Waals surface area contributed by atoms with Crippen LogP contribution in [0.25, 0.3) is 0 Å². The van der Waals surface area contributed by atoms with E-state index in [4.69, 9.17) is 0 Å². The van der Waals surface area contributed by atoms with Crippen molar-refractivity contribution in [1.29, 1.82) is 0 Å². The van der Waals surface area contributed by atoms with Crippen molar-refractivity contribution in [1.82, 2.24) is 4.90 Å². The van der Waals surface area contributed by atoms with Crippen molar-refractivity contribution in [2.75, 3.05) is 13.1 Å². The summed E-state index contributed by atoms with van der Waals surface area (Å²) in [7, 11) is 0. The Morgan fingerprint density at radius 3 is 2.62 bits per heavy atom. The van der Waals surface area contributed by atoms with Crippen LogP contribution in [-0.4, -0.2) is 24.2 Å². The van der Waals surface area contributed by atoms with Crippen molar-refractivity contribution in [3.05, 3.63) is 33.8 Å². The maximum atomic E-state index is 13.5. The van der Waals surface area contributed by atoms with Gasteiger partial charge in [-0.15, -0.1) is 0 Å². The zero-order valence-electron chi connectivity index (χ0n) is 8.52. The summed E-state index contributed by atoms with van der Waals surface area (Å²) < 4.78 is 39.7. The number of rotatable bonds is 2. The Bertz CT molecular complexity index is 397. The molecule has 1 fully saturated rings. The molecule has 0 amide bonds. The molecule has 1 aliphatic heterocycles. The summed E-state index contributed by atoms with van der Waals surface area (Å²) >= 11 is 3.02. The number of benzene rings is 1. The van der Waals surface area contributed by atoms with Crippen molar-refractivity contribution in [3.8, 4) is 0 Å². The van der Waals surface area contributed by atoms with E-state index in [9.17, 15) is 13.2 Å². The maximum absolute atomic E-state index is 13.5. The Labute approximate surface area is 100 Å². The van der Waals surface area contributed by atoms with Gasteiger partial charge in [-0.3, -0.25) is 4.90 Å². The molecule has 0 N–H and O–H groups in total. The normalized spacial score (nSPS) is 21.6. The lowest BCUT2D eigenvalue weighted by Gasteiger charge is -2.16. The predicted molar refractivity (Wildman–Crippen MR) is 58.8 cm³/mol. The molecule has 2 rings (SSSR count). The first-order chi connectivity index (χ1) is 7.58. The fourth-order valence-corrected chi connectivity index (χ4v) is 2.31. The fraction of sp³-hybridized carbons (Fsp3) is 0.455. The third-order valence-corrected chi connectivity index (χ3v) is 3.59. The van der Waals surface area contributed by atoms with Gasteiger partial charge in [0.1, 0.15) is 17.8 Å². The molecule has 1 atom stereocenters. The van der Waals surface area contributed by atoms with Gasteiger partial charge in [-0.05, 0) is 34.5 Å². The lowest BCUT2D eigenvalue weighted by Crippen LogP contribution is -2.21. The minimum Gasteiger partial charge on any atom is -0.296 e. The van der Waals surface area contributed by atoms with Crippen molar-refractivity contribution in [3.63, 3.8) is 0 Å². The summed E-state index contributed by atoms with van der Waals surface area (Å²) in [4.78, 5) is 1.78. The number of likely N-dealkylation sites (tertiary alicyclic amines) is 1. The molecule has 1 aromatic carbocycles. The molecule has 0 unspecified atom stereocenters. The molecule has 1 aromatic rings. The van der Waals surface area contributed by atoms with Gasteiger partial charge < -0.3 is 0 Å². The molecule has 0 aliphatic carbocycles. The lowest BCUT2D eigenvalue weighted by molar-refractivity contribution is 0.278. The van der Waals surface area contributed by atoms with E-state index in [0.717, 1.165) is 12.1 Å². The SMILES string of the molecule is Fc1ccc(F)c(CN2CC[C@@H](F)C2)c1Br. The van der Waals surface area contributed by atoms with Gasteiger partial charge in [-0.1, -0.05) is 0 Å². The van der Waals surface area contributed by atoms with Crippen LogP contribution in [0.5, 0.6) is 0 Å². The zero-order chi connectivity index (χ0) is 11.7. The van der Waals surface area contributed by atoms with Gasteiger partial charge >= 0.3 is 0 Å². The minimum atomic E-state index is -0.851. The average Bonchev–Trinajstić information content (AvgIpc) is 2.65. The highest BCUT2D eigenvalue weighted by Crippen LogP contribution is 2.26. The van der Waals surface area contributed by atoms with Crippen LogP contribution in [0.4, 0.5) is 13.2 Å². The minimum absolute atomic E-state index is 0.134. The number of nitrogens with zero attached hydrogens (tertiary/aromatic N) is 1. The van der Waals surface area contributed by atoms with E-state index in [0.29, 0.717) is 19.5 Å². The third kappa shape index (κ3) is 2.40. The molecular formula is C11H11BrF3N. The smallest absolute Gasteiger partial charge is 0.137 e. The van der Waals surface area contributed by atoms with Gasteiger partial charge in [0.2, 0.25) is 0 Å². The van der Waals surface area contributed by atoms with Crippen molar-refractivity contribution in [2.24, 2.45) is 0 Å². The molecule has 16 heavy (non-hydrogen) atoms. The summed E-state index contributed by atoms with van der Waals surface area (Å²) in [6.45, 7) is 1.12. The van der Waals surface area contributed by atoms with Crippen LogP contribution < -0.4 is 0 Å². The molecule has 5 heteroatoms.